The minimum absolute atomic E-state index is 1.11. The fraction of sp³-hybridized carbons (Fsp3) is 0.250. The molecule has 2 aromatic rings. The van der Waals surface area contributed by atoms with Crippen LogP contribution in [0.3, 0.4) is 0 Å². The third kappa shape index (κ3) is 3.47. The van der Waals surface area contributed by atoms with Gasteiger partial charge >= 0.3 is 0 Å². The molecule has 22 heavy (non-hydrogen) atoms. The summed E-state index contributed by atoms with van der Waals surface area (Å²) in [6.45, 7) is 0. The lowest BCUT2D eigenvalue weighted by Gasteiger charge is -2.08. The second kappa shape index (κ2) is 7.62. The fourth-order valence-electron chi connectivity index (χ4n) is 2.46. The summed E-state index contributed by atoms with van der Waals surface area (Å²) >= 11 is 0. The van der Waals surface area contributed by atoms with Gasteiger partial charge in [-0.15, -0.1) is 0 Å². The van der Waals surface area contributed by atoms with Gasteiger partial charge in [-0.3, -0.25) is 0 Å². The highest BCUT2D eigenvalue weighted by molar-refractivity contribution is 8.77. The van der Waals surface area contributed by atoms with Crippen molar-refractivity contribution in [1.82, 2.24) is 0 Å². The van der Waals surface area contributed by atoms with Gasteiger partial charge in [0.15, 0.2) is 0 Å². The Bertz CT molecular complexity index is 625. The van der Waals surface area contributed by atoms with Crippen LogP contribution in [0.15, 0.2) is 46.2 Å². The Hall–Kier alpha value is 0.540. The molecule has 0 saturated carbocycles. The normalized spacial score (nSPS) is 15.8. The lowest BCUT2D eigenvalue weighted by atomic mass is 10.1. The summed E-state index contributed by atoms with van der Waals surface area (Å²) in [5, 5.41) is 0. The van der Waals surface area contributed by atoms with E-state index < -0.39 is 0 Å². The van der Waals surface area contributed by atoms with Crippen molar-refractivity contribution in [1.29, 1.82) is 0 Å². The van der Waals surface area contributed by atoms with Gasteiger partial charge in [0, 0.05) is 32.8 Å². The third-order valence-corrected chi connectivity index (χ3v) is 10.7. The molecule has 0 nitrogen and oxygen atoms in total. The molecule has 0 aliphatic carbocycles. The molecule has 0 aromatic heterocycles. The second-order valence-corrected chi connectivity index (χ2v) is 12.1. The molecule has 0 N–H and O–H groups in total. The first-order valence-corrected chi connectivity index (χ1v) is 14.1. The largest absolute Gasteiger partial charge is 0.0890 e. The van der Waals surface area contributed by atoms with Crippen LogP contribution >= 0.6 is 64.8 Å². The van der Waals surface area contributed by atoms with Crippen molar-refractivity contribution in [3.05, 3.63) is 58.7 Å². The molecule has 0 unspecified atom stereocenters. The maximum Gasteiger partial charge on any atom is 0.0303 e. The summed E-state index contributed by atoms with van der Waals surface area (Å²) in [5.41, 5.74) is 6.06. The van der Waals surface area contributed by atoms with E-state index >= 15 is 0 Å². The van der Waals surface area contributed by atoms with Crippen molar-refractivity contribution in [3.63, 3.8) is 0 Å². The summed E-state index contributed by atoms with van der Waals surface area (Å²) in [7, 11) is 11.8. The quantitative estimate of drug-likeness (QED) is 0.381. The average molecular weight is 399 g/mol. The van der Waals surface area contributed by atoms with Gasteiger partial charge in [-0.2, -0.15) is 0 Å². The van der Waals surface area contributed by atoms with E-state index in [1.165, 1.54) is 32.0 Å². The molecular weight excluding hydrogens is 385 g/mol. The summed E-state index contributed by atoms with van der Waals surface area (Å²) in [4.78, 5) is 3.04. The minimum Gasteiger partial charge on any atom is -0.0890 e. The van der Waals surface area contributed by atoms with Crippen molar-refractivity contribution < 1.29 is 0 Å². The Kier molecular flexibility index (Phi) is 5.55. The van der Waals surface area contributed by atoms with Gasteiger partial charge in [0.25, 0.3) is 0 Å². The maximum atomic E-state index is 2.29. The third-order valence-electron chi connectivity index (χ3n) is 3.58. The molecule has 0 spiro atoms. The van der Waals surface area contributed by atoms with Gasteiger partial charge in [0.1, 0.15) is 0 Å². The zero-order chi connectivity index (χ0) is 14.8. The van der Waals surface area contributed by atoms with Crippen LogP contribution in [0.5, 0.6) is 0 Å². The van der Waals surface area contributed by atoms with Crippen LogP contribution in [0, 0.1) is 0 Å². The lowest BCUT2D eigenvalue weighted by molar-refractivity contribution is 1.20. The molecule has 0 amide bonds. The first kappa shape index (κ1) is 16.0. The van der Waals surface area contributed by atoms with E-state index in [-0.39, 0.29) is 0 Å². The Morgan fingerprint density at radius 3 is 1.73 bits per heavy atom. The van der Waals surface area contributed by atoms with Gasteiger partial charge in [-0.25, -0.2) is 0 Å². The van der Waals surface area contributed by atoms with Gasteiger partial charge < -0.3 is 0 Å². The second-order valence-electron chi connectivity index (χ2n) is 5.03. The number of hydrogen-bond donors (Lipinski definition) is 0. The number of hydrogen-bond acceptors (Lipinski definition) is 6. The summed E-state index contributed by atoms with van der Waals surface area (Å²) in [6, 6.07) is 13.5. The van der Waals surface area contributed by atoms with Crippen LogP contribution in [-0.2, 0) is 23.0 Å². The van der Waals surface area contributed by atoms with E-state index in [2.05, 4.69) is 36.4 Å². The Morgan fingerprint density at radius 1 is 0.727 bits per heavy atom. The molecule has 2 aliphatic rings. The first-order chi connectivity index (χ1) is 10.9. The Morgan fingerprint density at radius 2 is 1.23 bits per heavy atom. The zero-order valence-electron chi connectivity index (χ0n) is 11.7. The molecule has 114 valence electrons. The first-order valence-electron chi connectivity index (χ1n) is 6.97. The van der Waals surface area contributed by atoms with Crippen LogP contribution < -0.4 is 0 Å². The summed E-state index contributed by atoms with van der Waals surface area (Å²) < 4.78 is 0. The van der Waals surface area contributed by atoms with E-state index in [9.17, 15) is 0 Å². The molecular formula is C16H14S6. The SMILES string of the molecule is c1cc(CSSCc2cccc3c2SSC3)c2c(c1)CSS2. The lowest BCUT2D eigenvalue weighted by Crippen LogP contribution is -1.87. The van der Waals surface area contributed by atoms with Crippen LogP contribution in [0.4, 0.5) is 0 Å². The monoisotopic (exact) mass is 398 g/mol. The molecule has 2 heterocycles. The molecule has 0 fully saturated rings. The van der Waals surface area contributed by atoms with Crippen molar-refractivity contribution in [2.45, 2.75) is 32.8 Å². The van der Waals surface area contributed by atoms with Crippen molar-refractivity contribution in [2.75, 3.05) is 0 Å². The number of fused-ring (bicyclic) bond motifs is 2. The molecule has 0 atom stereocenters. The van der Waals surface area contributed by atoms with E-state index in [1.54, 1.807) is 0 Å². The molecule has 0 bridgehead atoms. The van der Waals surface area contributed by atoms with Gasteiger partial charge in [-0.1, -0.05) is 101 Å². The van der Waals surface area contributed by atoms with E-state index in [0.29, 0.717) is 0 Å². The van der Waals surface area contributed by atoms with Gasteiger partial charge in [0.05, 0.1) is 0 Å². The molecule has 6 heteroatoms. The van der Waals surface area contributed by atoms with Crippen LogP contribution in [0.1, 0.15) is 22.3 Å². The zero-order valence-corrected chi connectivity index (χ0v) is 16.6. The Balaban J connectivity index is 1.35. The van der Waals surface area contributed by atoms with Crippen LogP contribution in [0.25, 0.3) is 0 Å². The fourth-order valence-corrected chi connectivity index (χ4v) is 10.2. The van der Waals surface area contributed by atoms with E-state index in [1.807, 2.05) is 64.8 Å². The Labute approximate surface area is 155 Å². The number of rotatable bonds is 5. The predicted octanol–water partition coefficient (Wildman–Crippen LogP) is 7.28. The number of benzene rings is 2. The standard InChI is InChI=1S/C16H14S6/c1-3-11(15-13(5-1)9-19-21-15)7-17-18-8-12-4-2-6-14-10-20-22-16(12)14/h1-6H,7-10H2. The molecule has 0 saturated heterocycles. The summed E-state index contributed by atoms with van der Waals surface area (Å²) in [5.74, 6) is 4.55. The smallest absolute Gasteiger partial charge is 0.0303 e. The van der Waals surface area contributed by atoms with Crippen LogP contribution in [0.2, 0.25) is 0 Å². The minimum atomic E-state index is 1.11. The maximum absolute atomic E-state index is 2.29. The predicted molar refractivity (Wildman–Crippen MR) is 110 cm³/mol. The van der Waals surface area contributed by atoms with E-state index in [0.717, 1.165) is 23.0 Å². The highest BCUT2D eigenvalue weighted by Crippen LogP contribution is 2.49. The van der Waals surface area contributed by atoms with Crippen molar-refractivity contribution >= 4 is 64.8 Å². The van der Waals surface area contributed by atoms with Gasteiger partial charge in [-0.05, 0) is 22.3 Å². The molecule has 2 aromatic carbocycles. The van der Waals surface area contributed by atoms with Crippen LogP contribution in [-0.4, -0.2) is 0 Å². The molecule has 0 radical (unpaired) electrons. The molecule has 4 rings (SSSR count). The highest BCUT2D eigenvalue weighted by atomic mass is 33.1. The highest BCUT2D eigenvalue weighted by Gasteiger charge is 2.17. The van der Waals surface area contributed by atoms with Gasteiger partial charge in [0.2, 0.25) is 0 Å². The van der Waals surface area contributed by atoms with E-state index in [4.69, 9.17) is 0 Å². The van der Waals surface area contributed by atoms with Crippen molar-refractivity contribution in [2.24, 2.45) is 0 Å². The topological polar surface area (TPSA) is 0 Å². The average Bonchev–Trinajstić information content (AvgIpc) is 3.20. The summed E-state index contributed by atoms with van der Waals surface area (Å²) in [6.07, 6.45) is 0. The van der Waals surface area contributed by atoms with Crippen molar-refractivity contribution in [3.8, 4) is 0 Å². The molecule has 2 aliphatic heterocycles.